The van der Waals surface area contributed by atoms with Crippen molar-refractivity contribution in [2.45, 2.75) is 63.8 Å². The summed E-state index contributed by atoms with van der Waals surface area (Å²) < 4.78 is -0.868. The number of hydrogen-bond acceptors (Lipinski definition) is 1. The van der Waals surface area contributed by atoms with Gasteiger partial charge in [0.1, 0.15) is 4.33 Å². The molecule has 0 saturated heterocycles. The predicted octanol–water partition coefficient (Wildman–Crippen LogP) is 3.90. The topological polar surface area (TPSA) is 29.1 Å². The summed E-state index contributed by atoms with van der Waals surface area (Å²) in [6.07, 6.45) is 3.88. The molecule has 104 valence electrons. The van der Waals surface area contributed by atoms with E-state index in [1.165, 1.54) is 6.42 Å². The van der Waals surface area contributed by atoms with E-state index in [1.807, 2.05) is 6.92 Å². The Bertz CT molecular complexity index is 367. The first-order valence-corrected chi connectivity index (χ1v) is 7.50. The molecule has 2 nitrogen and oxygen atoms in total. The van der Waals surface area contributed by atoms with Crippen LogP contribution in [0.1, 0.15) is 53.4 Å². The number of rotatable bonds is 2. The highest BCUT2D eigenvalue weighted by molar-refractivity contribution is 6.53. The van der Waals surface area contributed by atoms with Gasteiger partial charge in [-0.15, -0.1) is 23.2 Å². The van der Waals surface area contributed by atoms with Crippen molar-refractivity contribution in [1.29, 1.82) is 0 Å². The maximum Gasteiger partial charge on any atom is 0.229 e. The molecule has 0 aromatic heterocycles. The third-order valence-corrected chi connectivity index (χ3v) is 5.58. The van der Waals surface area contributed by atoms with E-state index < -0.39 is 9.75 Å². The van der Waals surface area contributed by atoms with Crippen LogP contribution in [0.25, 0.3) is 0 Å². The third-order valence-electron chi connectivity index (χ3n) is 4.48. The quantitative estimate of drug-likeness (QED) is 0.768. The molecule has 0 spiro atoms. The van der Waals surface area contributed by atoms with E-state index >= 15 is 0 Å². The van der Waals surface area contributed by atoms with E-state index in [4.69, 9.17) is 23.2 Å². The van der Waals surface area contributed by atoms with E-state index in [0.29, 0.717) is 17.8 Å². The fourth-order valence-corrected chi connectivity index (χ4v) is 4.15. The van der Waals surface area contributed by atoms with Gasteiger partial charge in [0.15, 0.2) is 0 Å². The van der Waals surface area contributed by atoms with Gasteiger partial charge in [-0.3, -0.25) is 4.79 Å². The molecule has 2 aliphatic carbocycles. The Morgan fingerprint density at radius 2 is 1.78 bits per heavy atom. The molecular weight excluding hydrogens is 269 g/mol. The molecule has 2 fully saturated rings. The lowest BCUT2D eigenvalue weighted by Crippen LogP contribution is -2.46. The van der Waals surface area contributed by atoms with Crippen molar-refractivity contribution in [2.75, 3.05) is 0 Å². The van der Waals surface area contributed by atoms with Gasteiger partial charge in [0.2, 0.25) is 5.91 Å². The molecule has 0 radical (unpaired) electrons. The molecule has 0 aromatic carbocycles. The molecule has 0 heterocycles. The van der Waals surface area contributed by atoms with Gasteiger partial charge in [0, 0.05) is 6.04 Å². The number of alkyl halides is 2. The molecule has 0 aromatic rings. The Kier molecular flexibility index (Phi) is 3.43. The number of carbonyl (C=O) groups excluding carboxylic acids is 1. The van der Waals surface area contributed by atoms with Crippen molar-refractivity contribution >= 4 is 29.1 Å². The molecule has 2 saturated carbocycles. The van der Waals surface area contributed by atoms with E-state index in [-0.39, 0.29) is 11.9 Å². The average molecular weight is 292 g/mol. The third kappa shape index (κ3) is 2.65. The zero-order valence-electron chi connectivity index (χ0n) is 11.6. The lowest BCUT2D eigenvalue weighted by molar-refractivity contribution is -0.127. The lowest BCUT2D eigenvalue weighted by atomic mass is 9.70. The van der Waals surface area contributed by atoms with E-state index in [2.05, 4.69) is 26.1 Å². The summed E-state index contributed by atoms with van der Waals surface area (Å²) in [5, 5.41) is 3.16. The van der Waals surface area contributed by atoms with Crippen LogP contribution in [0.5, 0.6) is 0 Å². The number of halogens is 2. The standard InChI is InChI=1S/C14H23Cl2NO/c1-9-5-10(7-12(2,3)6-9)17-11(18)13(4)8-14(13,15)16/h9-10H,5-8H2,1-4H3,(H,17,18)/t9-,10-,13+/m0/s1. The highest BCUT2D eigenvalue weighted by atomic mass is 35.5. The minimum atomic E-state index is -0.868. The SMILES string of the molecule is C[C@H]1C[C@H](NC(=O)[C@@]2(C)CC2(Cl)Cl)CC(C)(C)C1. The lowest BCUT2D eigenvalue weighted by Gasteiger charge is -2.39. The summed E-state index contributed by atoms with van der Waals surface area (Å²) >= 11 is 12.1. The van der Waals surface area contributed by atoms with Crippen LogP contribution in [-0.4, -0.2) is 16.3 Å². The molecule has 2 aliphatic rings. The summed E-state index contributed by atoms with van der Waals surface area (Å²) in [6.45, 7) is 8.65. The molecule has 18 heavy (non-hydrogen) atoms. The monoisotopic (exact) mass is 291 g/mol. The van der Waals surface area contributed by atoms with Crippen molar-refractivity contribution in [3.8, 4) is 0 Å². The Morgan fingerprint density at radius 3 is 2.22 bits per heavy atom. The highest BCUT2D eigenvalue weighted by Gasteiger charge is 2.68. The summed E-state index contributed by atoms with van der Waals surface area (Å²) in [4.78, 5) is 12.2. The minimum Gasteiger partial charge on any atom is -0.353 e. The molecule has 0 bridgehead atoms. The predicted molar refractivity (Wildman–Crippen MR) is 75.9 cm³/mol. The first-order valence-electron chi connectivity index (χ1n) is 6.75. The zero-order valence-corrected chi connectivity index (χ0v) is 13.2. The Balaban J connectivity index is 1.96. The second-order valence-electron chi connectivity index (χ2n) is 7.30. The van der Waals surface area contributed by atoms with Crippen LogP contribution in [0, 0.1) is 16.7 Å². The van der Waals surface area contributed by atoms with Gasteiger partial charge >= 0.3 is 0 Å². The highest BCUT2D eigenvalue weighted by Crippen LogP contribution is 2.63. The van der Waals surface area contributed by atoms with Crippen LogP contribution in [0.4, 0.5) is 0 Å². The molecule has 2 rings (SSSR count). The van der Waals surface area contributed by atoms with Gasteiger partial charge in [0.25, 0.3) is 0 Å². The van der Waals surface area contributed by atoms with Crippen LogP contribution in [-0.2, 0) is 4.79 Å². The zero-order chi connectivity index (χ0) is 13.8. The fraction of sp³-hybridized carbons (Fsp3) is 0.929. The van der Waals surface area contributed by atoms with Gasteiger partial charge in [-0.1, -0.05) is 20.8 Å². The molecule has 0 unspecified atom stereocenters. The normalized spacial score (nSPS) is 41.2. The number of carbonyl (C=O) groups is 1. The average Bonchev–Trinajstić information content (AvgIpc) is 2.63. The van der Waals surface area contributed by atoms with E-state index in [1.54, 1.807) is 0 Å². The molecule has 1 N–H and O–H groups in total. The second kappa shape index (κ2) is 4.28. The smallest absolute Gasteiger partial charge is 0.229 e. The molecule has 0 aliphatic heterocycles. The van der Waals surface area contributed by atoms with Crippen molar-refractivity contribution in [3.05, 3.63) is 0 Å². The fourth-order valence-electron chi connectivity index (χ4n) is 3.45. The summed E-state index contributed by atoms with van der Waals surface area (Å²) in [6, 6.07) is 0.262. The summed E-state index contributed by atoms with van der Waals surface area (Å²) in [5.41, 5.74) is -0.292. The summed E-state index contributed by atoms with van der Waals surface area (Å²) in [7, 11) is 0. The van der Waals surface area contributed by atoms with Gasteiger partial charge in [-0.25, -0.2) is 0 Å². The van der Waals surface area contributed by atoms with Crippen LogP contribution in [0.15, 0.2) is 0 Å². The van der Waals surface area contributed by atoms with Crippen molar-refractivity contribution in [1.82, 2.24) is 5.32 Å². The van der Waals surface area contributed by atoms with Crippen LogP contribution < -0.4 is 5.32 Å². The Labute approximate surface area is 120 Å². The number of hydrogen-bond donors (Lipinski definition) is 1. The maximum atomic E-state index is 12.2. The van der Waals surface area contributed by atoms with Crippen LogP contribution >= 0.6 is 23.2 Å². The van der Waals surface area contributed by atoms with Gasteiger partial charge in [-0.05, 0) is 43.9 Å². The van der Waals surface area contributed by atoms with Crippen molar-refractivity contribution in [3.63, 3.8) is 0 Å². The maximum absolute atomic E-state index is 12.2. The second-order valence-corrected chi connectivity index (χ2v) is 8.78. The first kappa shape index (κ1) is 14.5. The minimum absolute atomic E-state index is 0.0161. The van der Waals surface area contributed by atoms with E-state index in [9.17, 15) is 4.79 Å². The number of amides is 1. The van der Waals surface area contributed by atoms with Crippen molar-refractivity contribution < 1.29 is 4.79 Å². The largest absolute Gasteiger partial charge is 0.353 e. The molecule has 1 amide bonds. The summed E-state index contributed by atoms with van der Waals surface area (Å²) in [5.74, 6) is 0.671. The molecule has 4 heteroatoms. The van der Waals surface area contributed by atoms with E-state index in [0.717, 1.165) is 12.8 Å². The first-order chi connectivity index (χ1) is 8.06. The van der Waals surface area contributed by atoms with Gasteiger partial charge in [-0.2, -0.15) is 0 Å². The van der Waals surface area contributed by atoms with Crippen LogP contribution in [0.3, 0.4) is 0 Å². The Hall–Kier alpha value is 0.0500. The molecular formula is C14H23Cl2NO. The van der Waals surface area contributed by atoms with Crippen LogP contribution in [0.2, 0.25) is 0 Å². The number of nitrogens with one attached hydrogen (secondary N) is 1. The van der Waals surface area contributed by atoms with Gasteiger partial charge < -0.3 is 5.32 Å². The van der Waals surface area contributed by atoms with Crippen molar-refractivity contribution in [2.24, 2.45) is 16.7 Å². The Morgan fingerprint density at radius 1 is 1.22 bits per heavy atom. The molecule has 3 atom stereocenters. The van der Waals surface area contributed by atoms with Gasteiger partial charge in [0.05, 0.1) is 5.41 Å².